The van der Waals surface area contributed by atoms with E-state index in [0.717, 1.165) is 33.8 Å². The molecule has 0 spiro atoms. The number of thiophene rings is 1. The average Bonchev–Trinajstić information content (AvgIpc) is 3.62. The molecule has 4 nitrogen and oxygen atoms in total. The highest BCUT2D eigenvalue weighted by atomic mass is 32.1. The Morgan fingerprint density at radius 1 is 0.833 bits per heavy atom. The van der Waals surface area contributed by atoms with Crippen LogP contribution in [0.2, 0.25) is 0 Å². The maximum Gasteiger partial charge on any atom is 0.246 e. The second-order valence-corrected chi connectivity index (χ2v) is 9.45. The fourth-order valence-corrected chi connectivity index (χ4v) is 4.80. The Hall–Kier alpha value is -4.22. The fraction of sp³-hybridized carbons (Fsp3) is 0.0968. The zero-order valence-corrected chi connectivity index (χ0v) is 20.7. The summed E-state index contributed by atoms with van der Waals surface area (Å²) in [7, 11) is 0. The second kappa shape index (κ2) is 11.5. The molecule has 5 aromatic rings. The number of carbonyl (C=O) groups excluding carboxylic acids is 1. The van der Waals surface area contributed by atoms with Crippen molar-refractivity contribution in [3.8, 4) is 16.3 Å². The number of aromatic nitrogens is 2. The van der Waals surface area contributed by atoms with Crippen molar-refractivity contribution in [2.75, 3.05) is 6.54 Å². The van der Waals surface area contributed by atoms with Crippen LogP contribution in [0.25, 0.3) is 22.3 Å². The lowest BCUT2D eigenvalue weighted by atomic mass is 10.1. The first-order valence-electron chi connectivity index (χ1n) is 12.0. The van der Waals surface area contributed by atoms with E-state index >= 15 is 0 Å². The number of para-hydroxylation sites is 1. The topological polar surface area (TPSA) is 38.1 Å². The number of amides is 1. The normalized spacial score (nSPS) is 11.1. The number of carbonyl (C=O) groups is 1. The molecule has 0 aliphatic heterocycles. The summed E-state index contributed by atoms with van der Waals surface area (Å²) >= 11 is 1.64. The van der Waals surface area contributed by atoms with E-state index in [-0.39, 0.29) is 5.91 Å². The minimum Gasteiger partial charge on any atom is -0.335 e. The van der Waals surface area contributed by atoms with Crippen LogP contribution < -0.4 is 0 Å². The summed E-state index contributed by atoms with van der Waals surface area (Å²) in [5.74, 6) is -0.0145. The number of hydrogen-bond donors (Lipinski definition) is 0. The van der Waals surface area contributed by atoms with Gasteiger partial charge < -0.3 is 4.90 Å². The summed E-state index contributed by atoms with van der Waals surface area (Å²) in [5.41, 5.74) is 5.10. The van der Waals surface area contributed by atoms with Crippen LogP contribution >= 0.6 is 11.3 Å². The molecule has 0 atom stereocenters. The molecule has 0 N–H and O–H groups in total. The Bertz CT molecular complexity index is 1410. The Balaban J connectivity index is 1.40. The largest absolute Gasteiger partial charge is 0.335 e. The Morgan fingerprint density at radius 3 is 2.17 bits per heavy atom. The van der Waals surface area contributed by atoms with Gasteiger partial charge in [-0.05, 0) is 47.2 Å². The number of hydrogen-bond acceptors (Lipinski definition) is 3. The van der Waals surface area contributed by atoms with Gasteiger partial charge in [0, 0.05) is 30.9 Å². The predicted molar refractivity (Wildman–Crippen MR) is 148 cm³/mol. The molecule has 0 fully saturated rings. The first kappa shape index (κ1) is 23.5. The summed E-state index contributed by atoms with van der Waals surface area (Å²) in [6.45, 7) is 1.21. The molecule has 5 heteroatoms. The minimum absolute atomic E-state index is 0.0145. The van der Waals surface area contributed by atoms with Crippen LogP contribution in [0.5, 0.6) is 0 Å². The van der Waals surface area contributed by atoms with Gasteiger partial charge in [-0.25, -0.2) is 4.68 Å². The molecule has 2 aromatic heterocycles. The number of benzene rings is 3. The van der Waals surface area contributed by atoms with Gasteiger partial charge in [0.05, 0.1) is 10.6 Å². The highest BCUT2D eigenvalue weighted by Gasteiger charge is 2.15. The van der Waals surface area contributed by atoms with E-state index in [1.165, 1.54) is 5.56 Å². The highest BCUT2D eigenvalue weighted by Crippen LogP contribution is 2.28. The summed E-state index contributed by atoms with van der Waals surface area (Å²) in [4.78, 5) is 16.4. The number of nitrogens with zero attached hydrogens (tertiary/aromatic N) is 3. The third kappa shape index (κ3) is 5.88. The Kier molecular flexibility index (Phi) is 7.49. The van der Waals surface area contributed by atoms with Gasteiger partial charge in [-0.3, -0.25) is 4.79 Å². The number of rotatable bonds is 9. The molecule has 0 aliphatic carbocycles. The van der Waals surface area contributed by atoms with Gasteiger partial charge in [0.25, 0.3) is 0 Å². The molecule has 5 rings (SSSR count). The minimum atomic E-state index is -0.0145. The maximum atomic E-state index is 13.4. The van der Waals surface area contributed by atoms with Crippen molar-refractivity contribution in [1.29, 1.82) is 0 Å². The van der Waals surface area contributed by atoms with Crippen LogP contribution in [0.4, 0.5) is 0 Å². The van der Waals surface area contributed by atoms with Crippen LogP contribution in [-0.2, 0) is 17.8 Å². The zero-order valence-electron chi connectivity index (χ0n) is 19.9. The molecule has 0 saturated heterocycles. The molecule has 3 aromatic carbocycles. The first-order chi connectivity index (χ1) is 17.8. The lowest BCUT2D eigenvalue weighted by Crippen LogP contribution is -2.31. The second-order valence-electron chi connectivity index (χ2n) is 8.50. The van der Waals surface area contributed by atoms with Crippen LogP contribution in [0, 0.1) is 0 Å². The third-order valence-electron chi connectivity index (χ3n) is 5.96. The van der Waals surface area contributed by atoms with Crippen molar-refractivity contribution in [2.24, 2.45) is 0 Å². The first-order valence-corrected chi connectivity index (χ1v) is 12.9. The van der Waals surface area contributed by atoms with Crippen LogP contribution in [0.15, 0.2) is 121 Å². The average molecular weight is 490 g/mol. The maximum absolute atomic E-state index is 13.4. The molecule has 0 saturated carbocycles. The van der Waals surface area contributed by atoms with Crippen molar-refractivity contribution in [2.45, 2.75) is 13.0 Å². The Labute approximate surface area is 215 Å². The van der Waals surface area contributed by atoms with Gasteiger partial charge in [0.2, 0.25) is 5.91 Å². The van der Waals surface area contributed by atoms with E-state index in [0.29, 0.717) is 13.1 Å². The molecule has 1 amide bonds. The zero-order chi connectivity index (χ0) is 24.6. The molecule has 0 bridgehead atoms. The lowest BCUT2D eigenvalue weighted by Gasteiger charge is -2.21. The molecular formula is C31H27N3OS. The van der Waals surface area contributed by atoms with Crippen molar-refractivity contribution in [3.05, 3.63) is 137 Å². The van der Waals surface area contributed by atoms with E-state index in [1.807, 2.05) is 100 Å². The monoisotopic (exact) mass is 489 g/mol. The van der Waals surface area contributed by atoms with E-state index in [1.54, 1.807) is 17.4 Å². The van der Waals surface area contributed by atoms with Gasteiger partial charge in [-0.1, -0.05) is 84.9 Å². The molecular weight excluding hydrogens is 462 g/mol. The van der Waals surface area contributed by atoms with Gasteiger partial charge in [0.1, 0.15) is 5.69 Å². The summed E-state index contributed by atoms with van der Waals surface area (Å²) in [6.07, 6.45) is 6.36. The molecule has 0 unspecified atom stereocenters. The van der Waals surface area contributed by atoms with Gasteiger partial charge in [-0.2, -0.15) is 5.10 Å². The molecule has 0 radical (unpaired) electrons. The van der Waals surface area contributed by atoms with E-state index < -0.39 is 0 Å². The van der Waals surface area contributed by atoms with E-state index in [2.05, 4.69) is 30.3 Å². The van der Waals surface area contributed by atoms with E-state index in [4.69, 9.17) is 5.10 Å². The van der Waals surface area contributed by atoms with Crippen LogP contribution in [-0.4, -0.2) is 27.1 Å². The highest BCUT2D eigenvalue weighted by molar-refractivity contribution is 7.13. The van der Waals surface area contributed by atoms with Gasteiger partial charge in [0.15, 0.2) is 0 Å². The predicted octanol–water partition coefficient (Wildman–Crippen LogP) is 6.89. The smallest absolute Gasteiger partial charge is 0.246 e. The van der Waals surface area contributed by atoms with Gasteiger partial charge >= 0.3 is 0 Å². The molecule has 0 aliphatic rings. The van der Waals surface area contributed by atoms with Crippen molar-refractivity contribution in [1.82, 2.24) is 14.7 Å². The van der Waals surface area contributed by atoms with Crippen LogP contribution in [0.3, 0.4) is 0 Å². The van der Waals surface area contributed by atoms with Crippen LogP contribution in [0.1, 0.15) is 16.7 Å². The van der Waals surface area contributed by atoms with Crippen molar-refractivity contribution in [3.63, 3.8) is 0 Å². The summed E-state index contributed by atoms with van der Waals surface area (Å²) in [5, 5.41) is 6.88. The SMILES string of the molecule is O=C(/C=C/c1cn(-c2ccccc2)nc1-c1cccs1)N(CCc1ccccc1)Cc1ccccc1. The van der Waals surface area contributed by atoms with Gasteiger partial charge in [-0.15, -0.1) is 11.3 Å². The standard InChI is InChI=1S/C31H27N3OS/c35-30(33(23-26-13-6-2-7-14-26)21-20-25-11-4-1-5-12-25)19-18-27-24-34(28-15-8-3-9-16-28)32-31(27)29-17-10-22-36-29/h1-19,22,24H,20-21,23H2/b19-18+. The Morgan fingerprint density at radius 2 is 1.50 bits per heavy atom. The summed E-state index contributed by atoms with van der Waals surface area (Å²) in [6, 6.07) is 34.5. The van der Waals surface area contributed by atoms with Crippen molar-refractivity contribution >= 4 is 23.3 Å². The molecule has 2 heterocycles. The molecule has 36 heavy (non-hydrogen) atoms. The third-order valence-corrected chi connectivity index (χ3v) is 6.84. The summed E-state index contributed by atoms with van der Waals surface area (Å²) < 4.78 is 1.87. The molecule has 178 valence electrons. The quantitative estimate of drug-likeness (QED) is 0.212. The fourth-order valence-electron chi connectivity index (χ4n) is 4.07. The lowest BCUT2D eigenvalue weighted by molar-refractivity contribution is -0.126. The van der Waals surface area contributed by atoms with E-state index in [9.17, 15) is 4.79 Å². The van der Waals surface area contributed by atoms with Crippen molar-refractivity contribution < 1.29 is 4.79 Å².